The molecule has 17 heavy (non-hydrogen) atoms. The lowest BCUT2D eigenvalue weighted by atomic mass is 10.1. The van der Waals surface area contributed by atoms with Crippen molar-refractivity contribution in [3.05, 3.63) is 23.8 Å². The van der Waals surface area contributed by atoms with Gasteiger partial charge in [0.1, 0.15) is 0 Å². The van der Waals surface area contributed by atoms with Crippen molar-refractivity contribution < 1.29 is 9.53 Å². The van der Waals surface area contributed by atoms with Crippen LogP contribution in [0.15, 0.2) is 18.2 Å². The van der Waals surface area contributed by atoms with Crippen molar-refractivity contribution in [1.29, 1.82) is 5.26 Å². The molecule has 1 heterocycles. The van der Waals surface area contributed by atoms with E-state index in [0.717, 1.165) is 11.4 Å². The smallest absolute Gasteiger partial charge is 0.243 e. The van der Waals surface area contributed by atoms with Crippen LogP contribution < -0.4 is 10.2 Å². The topological polar surface area (TPSA) is 65.4 Å². The van der Waals surface area contributed by atoms with Crippen molar-refractivity contribution >= 4 is 17.3 Å². The number of fused-ring (bicyclic) bond motifs is 1. The minimum absolute atomic E-state index is 0.0432. The van der Waals surface area contributed by atoms with Gasteiger partial charge in [0, 0.05) is 13.7 Å². The quantitative estimate of drug-likeness (QED) is 0.841. The van der Waals surface area contributed by atoms with Gasteiger partial charge in [0.25, 0.3) is 0 Å². The number of rotatable bonds is 3. The predicted molar refractivity (Wildman–Crippen MR) is 63.9 cm³/mol. The van der Waals surface area contributed by atoms with Crippen LogP contribution in [0.1, 0.15) is 5.56 Å². The maximum Gasteiger partial charge on any atom is 0.243 e. The Morgan fingerprint density at radius 1 is 1.59 bits per heavy atom. The summed E-state index contributed by atoms with van der Waals surface area (Å²) in [5.41, 5.74) is 2.21. The molecule has 5 nitrogen and oxygen atoms in total. The lowest BCUT2D eigenvalue weighted by Crippen LogP contribution is -2.39. The number of anilines is 2. The molecule has 1 N–H and O–H groups in total. The van der Waals surface area contributed by atoms with Crippen LogP contribution in [0.2, 0.25) is 0 Å². The van der Waals surface area contributed by atoms with Gasteiger partial charge in [0.05, 0.1) is 36.2 Å². The normalized spacial score (nSPS) is 13.9. The van der Waals surface area contributed by atoms with Gasteiger partial charge in [-0.1, -0.05) is 0 Å². The number of carbonyl (C=O) groups is 1. The van der Waals surface area contributed by atoms with Gasteiger partial charge in [-0.25, -0.2) is 0 Å². The molecule has 0 fully saturated rings. The Labute approximate surface area is 99.6 Å². The van der Waals surface area contributed by atoms with Crippen LogP contribution in [-0.2, 0) is 9.53 Å². The Morgan fingerprint density at radius 3 is 3.12 bits per heavy atom. The number of ether oxygens (including phenoxy) is 1. The molecule has 1 aliphatic heterocycles. The van der Waals surface area contributed by atoms with Crippen LogP contribution in [0.3, 0.4) is 0 Å². The number of nitriles is 1. The van der Waals surface area contributed by atoms with Crippen LogP contribution in [-0.4, -0.2) is 32.7 Å². The number of benzene rings is 1. The molecule has 2 rings (SSSR count). The summed E-state index contributed by atoms with van der Waals surface area (Å²) in [7, 11) is 1.62. The van der Waals surface area contributed by atoms with E-state index in [0.29, 0.717) is 25.3 Å². The highest BCUT2D eigenvalue weighted by atomic mass is 16.5. The maximum absolute atomic E-state index is 11.5. The van der Waals surface area contributed by atoms with Crippen LogP contribution in [0, 0.1) is 11.3 Å². The van der Waals surface area contributed by atoms with Crippen LogP contribution in [0.4, 0.5) is 11.4 Å². The first-order valence-corrected chi connectivity index (χ1v) is 5.32. The van der Waals surface area contributed by atoms with Crippen LogP contribution in [0.25, 0.3) is 0 Å². The lowest BCUT2D eigenvalue weighted by molar-refractivity contribution is -0.115. The Hall–Kier alpha value is -2.06. The van der Waals surface area contributed by atoms with Gasteiger partial charge in [-0.15, -0.1) is 0 Å². The Balaban J connectivity index is 2.32. The van der Waals surface area contributed by atoms with E-state index in [2.05, 4.69) is 11.4 Å². The third kappa shape index (κ3) is 2.37. The second kappa shape index (κ2) is 4.85. The number of hydrogen-bond donors (Lipinski definition) is 1. The molecule has 5 heteroatoms. The second-order valence-corrected chi connectivity index (χ2v) is 3.81. The molecule has 0 atom stereocenters. The van der Waals surface area contributed by atoms with E-state index in [-0.39, 0.29) is 5.91 Å². The number of methoxy groups -OCH3 is 1. The summed E-state index contributed by atoms with van der Waals surface area (Å²) in [5, 5.41) is 11.7. The minimum atomic E-state index is -0.0432. The molecule has 1 aromatic carbocycles. The molecular weight excluding hydrogens is 218 g/mol. The fourth-order valence-electron chi connectivity index (χ4n) is 1.82. The Morgan fingerprint density at radius 2 is 2.41 bits per heavy atom. The number of nitrogens with one attached hydrogen (secondary N) is 1. The minimum Gasteiger partial charge on any atom is -0.383 e. The number of amides is 1. The fourth-order valence-corrected chi connectivity index (χ4v) is 1.82. The zero-order chi connectivity index (χ0) is 12.3. The SMILES string of the molecule is COCCN1CC(=O)Nc2ccc(C#N)cc21. The van der Waals surface area contributed by atoms with E-state index in [9.17, 15) is 4.79 Å². The summed E-state index contributed by atoms with van der Waals surface area (Å²) < 4.78 is 5.01. The van der Waals surface area contributed by atoms with E-state index in [1.165, 1.54) is 0 Å². The first-order valence-electron chi connectivity index (χ1n) is 5.32. The zero-order valence-electron chi connectivity index (χ0n) is 9.56. The summed E-state index contributed by atoms with van der Waals surface area (Å²) in [6, 6.07) is 7.32. The second-order valence-electron chi connectivity index (χ2n) is 3.81. The van der Waals surface area contributed by atoms with Crippen molar-refractivity contribution in [2.45, 2.75) is 0 Å². The highest BCUT2D eigenvalue weighted by Gasteiger charge is 2.21. The van der Waals surface area contributed by atoms with E-state index in [1.807, 2.05) is 4.90 Å². The molecule has 0 aliphatic carbocycles. The van der Waals surface area contributed by atoms with E-state index in [4.69, 9.17) is 10.00 Å². The number of hydrogen-bond acceptors (Lipinski definition) is 4. The lowest BCUT2D eigenvalue weighted by Gasteiger charge is -2.30. The first kappa shape index (κ1) is 11.4. The van der Waals surface area contributed by atoms with Crippen molar-refractivity contribution in [3.8, 4) is 6.07 Å². The monoisotopic (exact) mass is 231 g/mol. The zero-order valence-corrected chi connectivity index (χ0v) is 9.56. The van der Waals surface area contributed by atoms with Crippen molar-refractivity contribution in [2.24, 2.45) is 0 Å². The summed E-state index contributed by atoms with van der Waals surface area (Å²) in [4.78, 5) is 13.4. The van der Waals surface area contributed by atoms with Gasteiger partial charge in [-0.05, 0) is 18.2 Å². The van der Waals surface area contributed by atoms with E-state index < -0.39 is 0 Å². The third-order valence-corrected chi connectivity index (χ3v) is 2.64. The van der Waals surface area contributed by atoms with Crippen molar-refractivity contribution in [2.75, 3.05) is 37.0 Å². The van der Waals surface area contributed by atoms with Gasteiger partial charge in [-0.3, -0.25) is 4.79 Å². The fraction of sp³-hybridized carbons (Fsp3) is 0.333. The van der Waals surface area contributed by atoms with Crippen LogP contribution in [0.5, 0.6) is 0 Å². The highest BCUT2D eigenvalue weighted by Crippen LogP contribution is 2.29. The largest absolute Gasteiger partial charge is 0.383 e. The molecule has 1 aromatic rings. The summed E-state index contributed by atoms with van der Waals surface area (Å²) in [6.07, 6.45) is 0. The Bertz CT molecular complexity index is 479. The maximum atomic E-state index is 11.5. The number of carbonyl (C=O) groups excluding carboxylic acids is 1. The molecule has 0 saturated heterocycles. The van der Waals surface area contributed by atoms with Gasteiger partial charge in [0.15, 0.2) is 0 Å². The molecule has 1 aliphatic rings. The standard InChI is InChI=1S/C12H13N3O2/c1-17-5-4-15-8-12(16)14-10-3-2-9(7-13)6-11(10)15/h2-3,6H,4-5,8H2,1H3,(H,14,16). The highest BCUT2D eigenvalue weighted by molar-refractivity contribution is 6.01. The van der Waals surface area contributed by atoms with Gasteiger partial charge in [0.2, 0.25) is 5.91 Å². The van der Waals surface area contributed by atoms with Crippen molar-refractivity contribution in [3.63, 3.8) is 0 Å². The molecular formula is C12H13N3O2. The van der Waals surface area contributed by atoms with Gasteiger partial charge < -0.3 is 15.0 Å². The molecule has 88 valence electrons. The predicted octanol–water partition coefficient (Wildman–Crippen LogP) is 0.963. The molecule has 0 aromatic heterocycles. The van der Waals surface area contributed by atoms with Gasteiger partial charge >= 0.3 is 0 Å². The summed E-state index contributed by atoms with van der Waals surface area (Å²) in [6.45, 7) is 1.47. The molecule has 1 amide bonds. The summed E-state index contributed by atoms with van der Waals surface area (Å²) >= 11 is 0. The molecule has 0 spiro atoms. The first-order chi connectivity index (χ1) is 8.24. The van der Waals surface area contributed by atoms with Crippen molar-refractivity contribution in [1.82, 2.24) is 0 Å². The van der Waals surface area contributed by atoms with Crippen LogP contribution >= 0.6 is 0 Å². The van der Waals surface area contributed by atoms with E-state index in [1.54, 1.807) is 25.3 Å². The Kier molecular flexibility index (Phi) is 3.26. The average molecular weight is 231 g/mol. The molecule has 0 saturated carbocycles. The van der Waals surface area contributed by atoms with Gasteiger partial charge in [-0.2, -0.15) is 5.26 Å². The average Bonchev–Trinajstić information content (AvgIpc) is 2.35. The molecule has 0 bridgehead atoms. The third-order valence-electron chi connectivity index (χ3n) is 2.64. The van der Waals surface area contributed by atoms with E-state index >= 15 is 0 Å². The summed E-state index contributed by atoms with van der Waals surface area (Å²) in [5.74, 6) is -0.0432. The molecule has 0 radical (unpaired) electrons. The number of nitrogens with zero attached hydrogens (tertiary/aromatic N) is 2. The molecule has 0 unspecified atom stereocenters.